The predicted octanol–water partition coefficient (Wildman–Crippen LogP) is 0.513. The summed E-state index contributed by atoms with van der Waals surface area (Å²) in [5.74, 6) is 1.12. The zero-order chi connectivity index (χ0) is 10.6. The lowest BCUT2D eigenvalue weighted by atomic mass is 10.3. The Morgan fingerprint density at radius 3 is 2.50 bits per heavy atom. The molecule has 1 aliphatic heterocycles. The minimum absolute atomic E-state index is 0.233. The first-order valence-electron chi connectivity index (χ1n) is 4.68. The van der Waals surface area contributed by atoms with E-state index in [9.17, 15) is 9.59 Å². The number of hydrogen-bond donors (Lipinski definition) is 0. The summed E-state index contributed by atoms with van der Waals surface area (Å²) in [6, 6.07) is 0.247. The van der Waals surface area contributed by atoms with E-state index in [1.165, 1.54) is 0 Å². The molecule has 4 nitrogen and oxygen atoms in total. The molecule has 1 fully saturated rings. The molecule has 14 heavy (non-hydrogen) atoms. The molecule has 0 radical (unpaired) electrons. The molecule has 0 aromatic carbocycles. The third-order valence-corrected chi connectivity index (χ3v) is 3.20. The van der Waals surface area contributed by atoms with Crippen molar-refractivity contribution in [1.29, 1.82) is 0 Å². The monoisotopic (exact) mass is 217 g/mol. The fraction of sp³-hybridized carbons (Fsp3) is 0.778. The smallest absolute Gasteiger partial charge is 0.327 e. The third kappa shape index (κ3) is 3.31. The SMILES string of the molecule is CCSCC(C)N1CC(=O)OC(=O)C1. The summed E-state index contributed by atoms with van der Waals surface area (Å²) in [4.78, 5) is 23.8. The summed E-state index contributed by atoms with van der Waals surface area (Å²) in [5, 5.41) is 0. The number of hydrogen-bond acceptors (Lipinski definition) is 5. The first kappa shape index (κ1) is 11.5. The van der Waals surface area contributed by atoms with Crippen molar-refractivity contribution in [2.24, 2.45) is 0 Å². The van der Waals surface area contributed by atoms with Gasteiger partial charge in [-0.05, 0) is 12.7 Å². The van der Waals surface area contributed by atoms with Gasteiger partial charge >= 0.3 is 11.9 Å². The largest absolute Gasteiger partial charge is 0.391 e. The van der Waals surface area contributed by atoms with Gasteiger partial charge in [0.2, 0.25) is 0 Å². The molecule has 1 rings (SSSR count). The van der Waals surface area contributed by atoms with E-state index in [0.717, 1.165) is 11.5 Å². The predicted molar refractivity (Wildman–Crippen MR) is 55.1 cm³/mol. The molecule has 0 bridgehead atoms. The Balaban J connectivity index is 2.42. The van der Waals surface area contributed by atoms with Gasteiger partial charge in [-0.3, -0.25) is 14.5 Å². The van der Waals surface area contributed by atoms with E-state index >= 15 is 0 Å². The van der Waals surface area contributed by atoms with Crippen LogP contribution in [0.25, 0.3) is 0 Å². The number of rotatable bonds is 4. The number of cyclic esters (lactones) is 2. The Bertz CT molecular complexity index is 216. The van der Waals surface area contributed by atoms with E-state index in [1.54, 1.807) is 0 Å². The molecule has 0 aliphatic carbocycles. The normalized spacial score (nSPS) is 20.7. The lowest BCUT2D eigenvalue weighted by Crippen LogP contribution is -2.48. The van der Waals surface area contributed by atoms with Gasteiger partial charge in [0.05, 0.1) is 13.1 Å². The number of thioether (sulfide) groups is 1. The van der Waals surface area contributed by atoms with Gasteiger partial charge in [-0.15, -0.1) is 0 Å². The van der Waals surface area contributed by atoms with Crippen molar-refractivity contribution >= 4 is 23.7 Å². The summed E-state index contributed by atoms with van der Waals surface area (Å²) < 4.78 is 4.44. The molecule has 80 valence electrons. The number of morpholine rings is 1. The molecule has 0 N–H and O–H groups in total. The van der Waals surface area contributed by atoms with Gasteiger partial charge in [-0.1, -0.05) is 6.92 Å². The van der Waals surface area contributed by atoms with Crippen molar-refractivity contribution in [3.63, 3.8) is 0 Å². The standard InChI is InChI=1S/C9H15NO3S/c1-3-14-6-7(2)10-4-8(11)13-9(12)5-10/h7H,3-6H2,1-2H3. The Hall–Kier alpha value is -0.550. The highest BCUT2D eigenvalue weighted by Crippen LogP contribution is 2.10. The second-order valence-corrected chi connectivity index (χ2v) is 4.58. The third-order valence-electron chi connectivity index (χ3n) is 2.08. The van der Waals surface area contributed by atoms with E-state index in [0.29, 0.717) is 0 Å². The van der Waals surface area contributed by atoms with E-state index < -0.39 is 11.9 Å². The Kier molecular flexibility index (Phi) is 4.41. The second-order valence-electron chi connectivity index (χ2n) is 3.26. The minimum atomic E-state index is -0.436. The zero-order valence-electron chi connectivity index (χ0n) is 8.49. The van der Waals surface area contributed by atoms with Crippen molar-refractivity contribution < 1.29 is 14.3 Å². The maximum atomic E-state index is 11.0. The van der Waals surface area contributed by atoms with Gasteiger partial charge < -0.3 is 4.74 Å². The van der Waals surface area contributed by atoms with Crippen LogP contribution in [0, 0.1) is 0 Å². The Labute approximate surface area is 88.0 Å². The van der Waals surface area contributed by atoms with Gasteiger partial charge in [-0.25, -0.2) is 0 Å². The van der Waals surface area contributed by atoms with E-state index in [4.69, 9.17) is 0 Å². The quantitative estimate of drug-likeness (QED) is 0.507. The van der Waals surface area contributed by atoms with Gasteiger partial charge in [-0.2, -0.15) is 11.8 Å². The maximum absolute atomic E-state index is 11.0. The molecule has 1 aliphatic rings. The number of carbonyl (C=O) groups excluding carboxylic acids is 2. The van der Waals surface area contributed by atoms with Crippen LogP contribution in [0.1, 0.15) is 13.8 Å². The number of ether oxygens (including phenoxy) is 1. The molecule has 1 unspecified atom stereocenters. The fourth-order valence-corrected chi connectivity index (χ4v) is 2.07. The fourth-order valence-electron chi connectivity index (χ4n) is 1.28. The van der Waals surface area contributed by atoms with Crippen LogP contribution in [0.15, 0.2) is 0 Å². The molecule has 1 atom stereocenters. The number of nitrogens with zero attached hydrogens (tertiary/aromatic N) is 1. The summed E-state index contributed by atoms with van der Waals surface area (Å²) in [7, 11) is 0. The summed E-state index contributed by atoms with van der Waals surface area (Å²) in [6.07, 6.45) is 0. The molecular formula is C9H15NO3S. The van der Waals surface area contributed by atoms with Crippen LogP contribution in [-0.2, 0) is 14.3 Å². The van der Waals surface area contributed by atoms with Crippen LogP contribution >= 0.6 is 11.8 Å². The van der Waals surface area contributed by atoms with E-state index in [1.807, 2.05) is 23.6 Å². The lowest BCUT2D eigenvalue weighted by molar-refractivity contribution is -0.167. The minimum Gasteiger partial charge on any atom is -0.391 e. The molecule has 0 spiro atoms. The van der Waals surface area contributed by atoms with E-state index in [2.05, 4.69) is 11.7 Å². The molecule has 5 heteroatoms. The number of carbonyl (C=O) groups is 2. The highest BCUT2D eigenvalue weighted by molar-refractivity contribution is 7.99. The lowest BCUT2D eigenvalue weighted by Gasteiger charge is -2.29. The van der Waals surface area contributed by atoms with Crippen LogP contribution in [-0.4, -0.2) is 47.5 Å². The second kappa shape index (κ2) is 5.36. The number of esters is 2. The molecule has 0 amide bonds. The molecule has 0 aromatic rings. The molecular weight excluding hydrogens is 202 g/mol. The molecule has 1 saturated heterocycles. The summed E-state index contributed by atoms with van der Waals surface area (Å²) >= 11 is 1.81. The van der Waals surface area contributed by atoms with Crippen molar-refractivity contribution in [3.8, 4) is 0 Å². The van der Waals surface area contributed by atoms with Crippen LogP contribution in [0.5, 0.6) is 0 Å². The average molecular weight is 217 g/mol. The Morgan fingerprint density at radius 1 is 1.43 bits per heavy atom. The van der Waals surface area contributed by atoms with Gasteiger partial charge in [0.1, 0.15) is 0 Å². The van der Waals surface area contributed by atoms with Gasteiger partial charge in [0, 0.05) is 11.8 Å². The van der Waals surface area contributed by atoms with Crippen LogP contribution in [0.4, 0.5) is 0 Å². The van der Waals surface area contributed by atoms with Crippen LogP contribution in [0.3, 0.4) is 0 Å². The van der Waals surface area contributed by atoms with Gasteiger partial charge in [0.15, 0.2) is 0 Å². The highest BCUT2D eigenvalue weighted by Gasteiger charge is 2.27. The van der Waals surface area contributed by atoms with E-state index in [-0.39, 0.29) is 19.1 Å². The highest BCUT2D eigenvalue weighted by atomic mass is 32.2. The van der Waals surface area contributed by atoms with Crippen LogP contribution < -0.4 is 0 Å². The van der Waals surface area contributed by atoms with Crippen molar-refractivity contribution in [2.45, 2.75) is 19.9 Å². The van der Waals surface area contributed by atoms with Crippen molar-refractivity contribution in [3.05, 3.63) is 0 Å². The molecule has 0 aromatic heterocycles. The van der Waals surface area contributed by atoms with Gasteiger partial charge in [0.25, 0.3) is 0 Å². The summed E-state index contributed by atoms with van der Waals surface area (Å²) in [6.45, 7) is 4.58. The first-order valence-corrected chi connectivity index (χ1v) is 5.84. The first-order chi connectivity index (χ1) is 6.63. The topological polar surface area (TPSA) is 46.6 Å². The Morgan fingerprint density at radius 2 is 2.00 bits per heavy atom. The zero-order valence-corrected chi connectivity index (χ0v) is 9.30. The average Bonchev–Trinajstić information content (AvgIpc) is 2.12. The molecule has 0 saturated carbocycles. The maximum Gasteiger partial charge on any atom is 0.327 e. The van der Waals surface area contributed by atoms with Crippen molar-refractivity contribution in [2.75, 3.05) is 24.6 Å². The molecule has 1 heterocycles. The summed E-state index contributed by atoms with van der Waals surface area (Å²) in [5.41, 5.74) is 0. The van der Waals surface area contributed by atoms with Crippen molar-refractivity contribution in [1.82, 2.24) is 4.90 Å². The van der Waals surface area contributed by atoms with Crippen LogP contribution in [0.2, 0.25) is 0 Å².